The third-order valence-corrected chi connectivity index (χ3v) is 3.31. The molecule has 1 aromatic heterocycles. The van der Waals surface area contributed by atoms with Crippen LogP contribution < -0.4 is 0 Å². The van der Waals surface area contributed by atoms with E-state index in [4.69, 9.17) is 12.2 Å². The summed E-state index contributed by atoms with van der Waals surface area (Å²) >= 11 is 5.26. The molecule has 4 heteroatoms. The van der Waals surface area contributed by atoms with Gasteiger partial charge in [0.05, 0.1) is 0 Å². The van der Waals surface area contributed by atoms with Gasteiger partial charge in [-0.3, -0.25) is 5.10 Å². The van der Waals surface area contributed by atoms with E-state index in [9.17, 15) is 0 Å². The van der Waals surface area contributed by atoms with Crippen LogP contribution in [0.4, 0.5) is 0 Å². The van der Waals surface area contributed by atoms with E-state index < -0.39 is 0 Å². The summed E-state index contributed by atoms with van der Waals surface area (Å²) in [5, 5.41) is 7.18. The summed E-state index contributed by atoms with van der Waals surface area (Å²) in [6.07, 6.45) is 1.21. The molecule has 0 saturated heterocycles. The molecule has 0 aromatic carbocycles. The summed E-state index contributed by atoms with van der Waals surface area (Å²) in [6.45, 7) is 8.85. The van der Waals surface area contributed by atoms with E-state index in [0.717, 1.165) is 10.6 Å². The normalized spacial score (nSPS) is 24.2. The lowest BCUT2D eigenvalue weighted by Crippen LogP contribution is -2.07. The van der Waals surface area contributed by atoms with Crippen molar-refractivity contribution in [3.8, 4) is 0 Å². The molecule has 0 spiro atoms. The second kappa shape index (κ2) is 2.92. The van der Waals surface area contributed by atoms with Crippen molar-refractivity contribution in [1.29, 1.82) is 0 Å². The van der Waals surface area contributed by atoms with E-state index in [-0.39, 0.29) is 0 Å². The van der Waals surface area contributed by atoms with Crippen LogP contribution >= 0.6 is 12.2 Å². The zero-order valence-corrected chi connectivity index (χ0v) is 9.98. The summed E-state index contributed by atoms with van der Waals surface area (Å²) in [4.78, 5) is 0. The largest absolute Gasteiger partial charge is 0.300 e. The van der Waals surface area contributed by atoms with Crippen molar-refractivity contribution in [2.75, 3.05) is 0 Å². The zero-order chi connectivity index (χ0) is 10.5. The molecule has 2 rings (SSSR count). The van der Waals surface area contributed by atoms with Gasteiger partial charge >= 0.3 is 0 Å². The Morgan fingerprint density at radius 1 is 1.57 bits per heavy atom. The molecule has 0 amide bonds. The molecule has 14 heavy (non-hydrogen) atoms. The molecule has 0 aliphatic heterocycles. The molecule has 3 nitrogen and oxygen atoms in total. The van der Waals surface area contributed by atoms with Crippen molar-refractivity contribution in [3.63, 3.8) is 0 Å². The van der Waals surface area contributed by atoms with Gasteiger partial charge < -0.3 is 4.57 Å². The Labute approximate surface area is 89.5 Å². The molecular formula is C10H17N3S. The van der Waals surface area contributed by atoms with Crippen LogP contribution in [0.25, 0.3) is 0 Å². The lowest BCUT2D eigenvalue weighted by Gasteiger charge is -2.10. The van der Waals surface area contributed by atoms with Crippen LogP contribution in [0.1, 0.15) is 51.9 Å². The van der Waals surface area contributed by atoms with E-state index >= 15 is 0 Å². The maximum absolute atomic E-state index is 5.26. The monoisotopic (exact) mass is 211 g/mol. The Kier molecular flexibility index (Phi) is 2.07. The number of aromatic amines is 1. The molecule has 1 heterocycles. The summed E-state index contributed by atoms with van der Waals surface area (Å²) in [5.41, 5.74) is 0.395. The summed E-state index contributed by atoms with van der Waals surface area (Å²) < 4.78 is 2.96. The summed E-state index contributed by atoms with van der Waals surface area (Å²) in [5.74, 6) is 1.52. The lowest BCUT2D eigenvalue weighted by atomic mass is 10.1. The van der Waals surface area contributed by atoms with E-state index in [2.05, 4.69) is 42.5 Å². The molecule has 1 saturated carbocycles. The van der Waals surface area contributed by atoms with Gasteiger partial charge in [0.1, 0.15) is 5.82 Å². The van der Waals surface area contributed by atoms with Gasteiger partial charge in [-0.2, -0.15) is 5.10 Å². The van der Waals surface area contributed by atoms with Crippen molar-refractivity contribution in [3.05, 3.63) is 10.6 Å². The first-order chi connectivity index (χ1) is 6.43. The first kappa shape index (κ1) is 9.90. The number of aromatic nitrogens is 3. The highest BCUT2D eigenvalue weighted by atomic mass is 32.1. The Morgan fingerprint density at radius 2 is 2.14 bits per heavy atom. The van der Waals surface area contributed by atoms with Crippen molar-refractivity contribution < 1.29 is 0 Å². The van der Waals surface area contributed by atoms with Gasteiger partial charge in [0, 0.05) is 12.0 Å². The average molecular weight is 211 g/mol. The van der Waals surface area contributed by atoms with E-state index in [0.29, 0.717) is 17.4 Å². The Balaban J connectivity index is 2.42. The third-order valence-electron chi connectivity index (χ3n) is 3.02. The SMILES string of the molecule is CC(C)c1n[nH]c(=S)n1C1CC1(C)C. The smallest absolute Gasteiger partial charge is 0.195 e. The van der Waals surface area contributed by atoms with Crippen LogP contribution in [-0.2, 0) is 0 Å². The summed E-state index contributed by atoms with van der Waals surface area (Å²) in [6, 6.07) is 0.547. The average Bonchev–Trinajstić information content (AvgIpc) is 2.53. The fraction of sp³-hybridized carbons (Fsp3) is 0.800. The topological polar surface area (TPSA) is 33.6 Å². The maximum atomic E-state index is 5.26. The van der Waals surface area contributed by atoms with Crippen molar-refractivity contribution >= 4 is 12.2 Å². The number of nitrogens with zero attached hydrogens (tertiary/aromatic N) is 2. The van der Waals surface area contributed by atoms with E-state index in [1.54, 1.807) is 0 Å². The molecule has 1 aromatic rings. The van der Waals surface area contributed by atoms with Crippen LogP contribution in [0, 0.1) is 10.2 Å². The van der Waals surface area contributed by atoms with Gasteiger partial charge in [-0.15, -0.1) is 0 Å². The number of hydrogen-bond donors (Lipinski definition) is 1. The van der Waals surface area contributed by atoms with Gasteiger partial charge in [0.15, 0.2) is 4.77 Å². The number of H-pyrrole nitrogens is 1. The Morgan fingerprint density at radius 3 is 2.57 bits per heavy atom. The molecule has 1 unspecified atom stereocenters. The highest BCUT2D eigenvalue weighted by molar-refractivity contribution is 7.71. The maximum Gasteiger partial charge on any atom is 0.195 e. The molecule has 1 N–H and O–H groups in total. The molecule has 1 aliphatic carbocycles. The fourth-order valence-corrected chi connectivity index (χ4v) is 2.17. The summed E-state index contributed by atoms with van der Waals surface area (Å²) in [7, 11) is 0. The molecule has 1 atom stereocenters. The molecular weight excluding hydrogens is 194 g/mol. The molecule has 0 radical (unpaired) electrons. The van der Waals surface area contributed by atoms with E-state index in [1.807, 2.05) is 0 Å². The molecule has 0 bridgehead atoms. The van der Waals surface area contributed by atoms with Crippen LogP contribution in [0.5, 0.6) is 0 Å². The zero-order valence-electron chi connectivity index (χ0n) is 9.16. The molecule has 1 fully saturated rings. The number of nitrogens with one attached hydrogen (secondary N) is 1. The minimum atomic E-state index is 0.395. The van der Waals surface area contributed by atoms with Gasteiger partial charge in [-0.05, 0) is 24.1 Å². The second-order valence-corrected chi connectivity index (χ2v) is 5.51. The van der Waals surface area contributed by atoms with Crippen LogP contribution in [0.2, 0.25) is 0 Å². The van der Waals surface area contributed by atoms with E-state index in [1.165, 1.54) is 6.42 Å². The number of hydrogen-bond acceptors (Lipinski definition) is 2. The third kappa shape index (κ3) is 1.41. The van der Waals surface area contributed by atoms with Gasteiger partial charge in [0.25, 0.3) is 0 Å². The fourth-order valence-electron chi connectivity index (χ4n) is 1.91. The Hall–Kier alpha value is -0.640. The minimum absolute atomic E-state index is 0.395. The molecule has 78 valence electrons. The van der Waals surface area contributed by atoms with Crippen LogP contribution in [0.15, 0.2) is 0 Å². The minimum Gasteiger partial charge on any atom is -0.300 e. The first-order valence-corrected chi connectivity index (χ1v) is 5.51. The first-order valence-electron chi connectivity index (χ1n) is 5.10. The van der Waals surface area contributed by atoms with Crippen LogP contribution in [0.3, 0.4) is 0 Å². The quantitative estimate of drug-likeness (QED) is 0.763. The predicted octanol–water partition coefficient (Wildman–Crippen LogP) is 3.04. The highest BCUT2D eigenvalue weighted by Crippen LogP contribution is 2.56. The second-order valence-electron chi connectivity index (χ2n) is 5.12. The number of rotatable bonds is 2. The van der Waals surface area contributed by atoms with Gasteiger partial charge in [-0.1, -0.05) is 27.7 Å². The standard InChI is InChI=1S/C10H17N3S/c1-6(2)8-11-12-9(14)13(8)7-5-10(7,3)4/h6-7H,5H2,1-4H3,(H,12,14). The van der Waals surface area contributed by atoms with Crippen molar-refractivity contribution in [2.45, 2.75) is 46.1 Å². The molecule has 1 aliphatic rings. The van der Waals surface area contributed by atoms with Gasteiger partial charge in [0.2, 0.25) is 0 Å². The highest BCUT2D eigenvalue weighted by Gasteiger charge is 2.48. The van der Waals surface area contributed by atoms with Crippen molar-refractivity contribution in [1.82, 2.24) is 14.8 Å². The van der Waals surface area contributed by atoms with Crippen molar-refractivity contribution in [2.24, 2.45) is 5.41 Å². The van der Waals surface area contributed by atoms with Gasteiger partial charge in [-0.25, -0.2) is 0 Å². The Bertz CT molecular complexity index is 400. The lowest BCUT2D eigenvalue weighted by molar-refractivity contribution is 0.514. The van der Waals surface area contributed by atoms with Crippen LogP contribution in [-0.4, -0.2) is 14.8 Å². The predicted molar refractivity (Wildman–Crippen MR) is 58.9 cm³/mol.